The molecule has 2 fully saturated rings. The predicted octanol–water partition coefficient (Wildman–Crippen LogP) is 2.53. The lowest BCUT2D eigenvalue weighted by Gasteiger charge is -2.39. The van der Waals surface area contributed by atoms with Crippen LogP contribution >= 0.6 is 12.4 Å². The molecule has 134 valence electrons. The van der Waals surface area contributed by atoms with Crippen molar-refractivity contribution in [3.8, 4) is 0 Å². The number of nitrogens with one attached hydrogen (secondary N) is 1. The molecule has 1 N–H and O–H groups in total. The summed E-state index contributed by atoms with van der Waals surface area (Å²) in [4.78, 5) is 15.5. The summed E-state index contributed by atoms with van der Waals surface area (Å²) < 4.78 is 5.56. The summed E-state index contributed by atoms with van der Waals surface area (Å²) in [6, 6.07) is 8.51. The van der Waals surface area contributed by atoms with Crippen molar-refractivity contribution in [1.82, 2.24) is 10.2 Å². The van der Waals surface area contributed by atoms with E-state index >= 15 is 0 Å². The number of ether oxygens (including phenoxy) is 1. The van der Waals surface area contributed by atoms with Gasteiger partial charge in [-0.25, -0.2) is 0 Å². The molecule has 1 aromatic rings. The minimum atomic E-state index is -0.388. The second-order valence-corrected chi connectivity index (χ2v) is 7.02. The summed E-state index contributed by atoms with van der Waals surface area (Å²) in [6.45, 7) is 6.20. The molecule has 1 atom stereocenters. The molecule has 1 amide bonds. The second kappa shape index (κ2) is 8.32. The largest absolute Gasteiger partial charge is 0.381 e. The third kappa shape index (κ3) is 3.76. The summed E-state index contributed by atoms with van der Waals surface area (Å²) in [6.07, 6.45) is 2.69. The van der Waals surface area contributed by atoms with Crippen LogP contribution in [0.3, 0.4) is 0 Å². The van der Waals surface area contributed by atoms with Crippen LogP contribution in [0, 0.1) is 12.8 Å². The summed E-state index contributed by atoms with van der Waals surface area (Å²) in [7, 11) is 1.98. The number of nitrogens with zero attached hydrogens (tertiary/aromatic N) is 1. The molecule has 5 heteroatoms. The minimum absolute atomic E-state index is 0. The molecule has 2 heterocycles. The Kier molecular flexibility index (Phi) is 6.67. The number of hydrogen-bond acceptors (Lipinski definition) is 3. The summed E-state index contributed by atoms with van der Waals surface area (Å²) >= 11 is 0. The van der Waals surface area contributed by atoms with E-state index in [9.17, 15) is 4.79 Å². The minimum Gasteiger partial charge on any atom is -0.381 e. The molecule has 2 saturated heterocycles. The van der Waals surface area contributed by atoms with Crippen molar-refractivity contribution in [1.29, 1.82) is 0 Å². The zero-order valence-corrected chi connectivity index (χ0v) is 15.5. The highest BCUT2D eigenvalue weighted by atomic mass is 35.5. The first kappa shape index (κ1) is 19.2. The van der Waals surface area contributed by atoms with Gasteiger partial charge in [-0.2, -0.15) is 0 Å². The topological polar surface area (TPSA) is 41.6 Å². The third-order valence-electron chi connectivity index (χ3n) is 5.43. The second-order valence-electron chi connectivity index (χ2n) is 7.02. The van der Waals surface area contributed by atoms with Gasteiger partial charge in [-0.3, -0.25) is 4.79 Å². The van der Waals surface area contributed by atoms with Gasteiger partial charge in [0, 0.05) is 26.3 Å². The first-order chi connectivity index (χ1) is 11.2. The van der Waals surface area contributed by atoms with E-state index in [4.69, 9.17) is 4.74 Å². The van der Waals surface area contributed by atoms with Gasteiger partial charge in [0.15, 0.2) is 0 Å². The molecule has 3 rings (SSSR count). The molecule has 0 aliphatic carbocycles. The Labute approximate surface area is 151 Å². The normalized spacial score (nSPS) is 22.9. The van der Waals surface area contributed by atoms with Crippen LogP contribution in [-0.4, -0.2) is 50.7 Å². The van der Waals surface area contributed by atoms with Gasteiger partial charge in [0.05, 0.1) is 5.41 Å². The number of hydrogen-bond donors (Lipinski definition) is 1. The predicted molar refractivity (Wildman–Crippen MR) is 98.8 cm³/mol. The standard InChI is InChI=1S/C19H28N2O2.ClH/c1-15-3-5-17(6-4-15)19(8-11-23-12-9-19)18(22)21-10-7-16(14-21)13-20-2;/h3-6,16,20H,7-14H2,1-2H3;1H. The molecule has 0 saturated carbocycles. The third-order valence-corrected chi connectivity index (χ3v) is 5.43. The number of carbonyl (C=O) groups excluding carboxylic acids is 1. The first-order valence-electron chi connectivity index (χ1n) is 8.74. The van der Waals surface area contributed by atoms with E-state index in [-0.39, 0.29) is 17.8 Å². The van der Waals surface area contributed by atoms with Crippen LogP contribution in [0.1, 0.15) is 30.4 Å². The van der Waals surface area contributed by atoms with E-state index in [0.717, 1.165) is 44.5 Å². The molecule has 24 heavy (non-hydrogen) atoms. The van der Waals surface area contributed by atoms with Gasteiger partial charge in [-0.15, -0.1) is 12.4 Å². The van der Waals surface area contributed by atoms with Crippen molar-refractivity contribution in [2.75, 3.05) is 39.9 Å². The molecule has 0 spiro atoms. The number of amides is 1. The fourth-order valence-corrected chi connectivity index (χ4v) is 3.99. The number of halogens is 1. The maximum Gasteiger partial charge on any atom is 0.233 e. The zero-order valence-electron chi connectivity index (χ0n) is 14.7. The van der Waals surface area contributed by atoms with Crippen LogP contribution in [0.15, 0.2) is 24.3 Å². The van der Waals surface area contributed by atoms with Crippen molar-refractivity contribution in [2.45, 2.75) is 31.6 Å². The summed E-state index contributed by atoms with van der Waals surface area (Å²) in [5.74, 6) is 0.891. The lowest BCUT2D eigenvalue weighted by atomic mass is 9.73. The van der Waals surface area contributed by atoms with Crippen molar-refractivity contribution in [2.24, 2.45) is 5.92 Å². The summed E-state index contributed by atoms with van der Waals surface area (Å²) in [5.41, 5.74) is 2.01. The van der Waals surface area contributed by atoms with Crippen molar-refractivity contribution >= 4 is 18.3 Å². The highest BCUT2D eigenvalue weighted by Gasteiger charge is 2.45. The van der Waals surface area contributed by atoms with Crippen molar-refractivity contribution in [3.63, 3.8) is 0 Å². The van der Waals surface area contributed by atoms with Gasteiger partial charge >= 0.3 is 0 Å². The van der Waals surface area contributed by atoms with Gasteiger partial charge in [-0.05, 0) is 51.3 Å². The smallest absolute Gasteiger partial charge is 0.233 e. The van der Waals surface area contributed by atoms with Crippen LogP contribution in [0.4, 0.5) is 0 Å². The fourth-order valence-electron chi connectivity index (χ4n) is 3.99. The van der Waals surface area contributed by atoms with Gasteiger partial charge < -0.3 is 15.0 Å². The first-order valence-corrected chi connectivity index (χ1v) is 8.74. The van der Waals surface area contributed by atoms with Gasteiger partial charge in [-0.1, -0.05) is 29.8 Å². The Morgan fingerprint density at radius 1 is 1.29 bits per heavy atom. The zero-order chi connectivity index (χ0) is 16.3. The monoisotopic (exact) mass is 352 g/mol. The highest BCUT2D eigenvalue weighted by molar-refractivity contribution is 5.88. The van der Waals surface area contributed by atoms with Gasteiger partial charge in [0.2, 0.25) is 5.91 Å². The van der Waals surface area contributed by atoms with Crippen molar-refractivity contribution < 1.29 is 9.53 Å². The van der Waals surface area contributed by atoms with Crippen molar-refractivity contribution in [3.05, 3.63) is 35.4 Å². The van der Waals surface area contributed by atoms with E-state index in [1.807, 2.05) is 7.05 Å². The lowest BCUT2D eigenvalue weighted by Crippen LogP contribution is -2.49. The Hall–Kier alpha value is -1.10. The molecule has 1 aromatic carbocycles. The number of likely N-dealkylation sites (tertiary alicyclic amines) is 1. The molecule has 0 radical (unpaired) electrons. The molecule has 2 aliphatic heterocycles. The van der Waals surface area contributed by atoms with Crippen LogP contribution in [0.25, 0.3) is 0 Å². The van der Waals surface area contributed by atoms with E-state index in [1.54, 1.807) is 0 Å². The average Bonchev–Trinajstić information content (AvgIpc) is 3.04. The van der Waals surface area contributed by atoms with E-state index < -0.39 is 0 Å². The Balaban J connectivity index is 0.00000208. The molecule has 0 aromatic heterocycles. The maximum atomic E-state index is 13.4. The van der Waals surface area contributed by atoms with E-state index in [1.165, 1.54) is 5.56 Å². The number of carbonyl (C=O) groups is 1. The average molecular weight is 353 g/mol. The molecule has 4 nitrogen and oxygen atoms in total. The Bertz CT molecular complexity index is 541. The van der Waals surface area contributed by atoms with Crippen LogP contribution in [0.5, 0.6) is 0 Å². The highest BCUT2D eigenvalue weighted by Crippen LogP contribution is 2.38. The molecular weight excluding hydrogens is 324 g/mol. The molecular formula is C19H29ClN2O2. The maximum absolute atomic E-state index is 13.4. The number of benzene rings is 1. The lowest BCUT2D eigenvalue weighted by molar-refractivity contribution is -0.140. The Morgan fingerprint density at radius 3 is 2.58 bits per heavy atom. The van der Waals surface area contributed by atoms with Crippen LogP contribution in [0.2, 0.25) is 0 Å². The quantitative estimate of drug-likeness (QED) is 0.905. The molecule has 0 bridgehead atoms. The fraction of sp³-hybridized carbons (Fsp3) is 0.632. The Morgan fingerprint density at radius 2 is 1.96 bits per heavy atom. The van der Waals surface area contributed by atoms with Gasteiger partial charge in [0.1, 0.15) is 0 Å². The molecule has 2 aliphatic rings. The van der Waals surface area contributed by atoms with E-state index in [0.29, 0.717) is 25.0 Å². The van der Waals surface area contributed by atoms with Crippen LogP contribution < -0.4 is 5.32 Å². The van der Waals surface area contributed by atoms with Gasteiger partial charge in [0.25, 0.3) is 0 Å². The number of aryl methyl sites for hydroxylation is 1. The summed E-state index contributed by atoms with van der Waals surface area (Å²) in [5, 5.41) is 3.24. The molecule has 1 unspecified atom stereocenters. The van der Waals surface area contributed by atoms with E-state index in [2.05, 4.69) is 41.4 Å². The SMILES string of the molecule is CNCC1CCN(C(=O)C2(c3ccc(C)cc3)CCOCC2)C1.Cl. The van der Waals surface area contributed by atoms with Crippen LogP contribution in [-0.2, 0) is 14.9 Å². The number of rotatable bonds is 4.